The maximum atomic E-state index is 5.45. The highest BCUT2D eigenvalue weighted by atomic mass is 16.5. The van der Waals surface area contributed by atoms with E-state index in [1.54, 1.807) is 13.3 Å². The molecule has 0 bridgehead atoms. The molecule has 0 aliphatic carbocycles. The molecular formula is C9H18N4O. The Labute approximate surface area is 84.2 Å². The number of hydrazine groups is 1. The maximum absolute atomic E-state index is 5.45. The maximum Gasteiger partial charge on any atom is 0.110 e. The van der Waals surface area contributed by atoms with Gasteiger partial charge in [-0.05, 0) is 6.92 Å². The monoisotopic (exact) mass is 198 g/mol. The van der Waals surface area contributed by atoms with Gasteiger partial charge in [0, 0.05) is 33.0 Å². The minimum atomic E-state index is 0.0664. The zero-order valence-corrected chi connectivity index (χ0v) is 8.90. The average molecular weight is 198 g/mol. The Kier molecular flexibility index (Phi) is 4.06. The van der Waals surface area contributed by atoms with Gasteiger partial charge in [0.2, 0.25) is 0 Å². The first-order chi connectivity index (χ1) is 6.69. The number of aryl methyl sites for hydroxylation is 1. The van der Waals surface area contributed by atoms with Gasteiger partial charge in [-0.25, -0.2) is 4.98 Å². The molecule has 0 saturated heterocycles. The summed E-state index contributed by atoms with van der Waals surface area (Å²) < 4.78 is 7.19. The minimum absolute atomic E-state index is 0.0664. The number of ether oxygens (including phenoxy) is 1. The van der Waals surface area contributed by atoms with E-state index in [4.69, 9.17) is 10.6 Å². The molecule has 0 aromatic carbocycles. The molecule has 0 radical (unpaired) electrons. The van der Waals surface area contributed by atoms with Crippen LogP contribution in [0.2, 0.25) is 0 Å². The fourth-order valence-electron chi connectivity index (χ4n) is 1.31. The van der Waals surface area contributed by atoms with E-state index in [0.29, 0.717) is 0 Å². The van der Waals surface area contributed by atoms with E-state index in [9.17, 15) is 0 Å². The van der Waals surface area contributed by atoms with E-state index >= 15 is 0 Å². The van der Waals surface area contributed by atoms with Gasteiger partial charge in [0.15, 0.2) is 0 Å². The van der Waals surface area contributed by atoms with Crippen molar-refractivity contribution in [2.45, 2.75) is 25.5 Å². The van der Waals surface area contributed by atoms with Crippen LogP contribution in [0.5, 0.6) is 0 Å². The van der Waals surface area contributed by atoms with E-state index in [0.717, 1.165) is 12.2 Å². The summed E-state index contributed by atoms with van der Waals surface area (Å²) in [5.74, 6) is 6.45. The third kappa shape index (κ3) is 2.54. The van der Waals surface area contributed by atoms with Crippen molar-refractivity contribution >= 4 is 0 Å². The Morgan fingerprint density at radius 3 is 2.86 bits per heavy atom. The number of hydrogen-bond donors (Lipinski definition) is 2. The number of rotatable bonds is 5. The lowest BCUT2D eigenvalue weighted by Gasteiger charge is -2.21. The topological polar surface area (TPSA) is 65.1 Å². The van der Waals surface area contributed by atoms with Crippen molar-refractivity contribution < 1.29 is 4.74 Å². The first-order valence-corrected chi connectivity index (χ1v) is 4.64. The summed E-state index contributed by atoms with van der Waals surface area (Å²) in [6.07, 6.45) is 4.52. The van der Waals surface area contributed by atoms with Crippen LogP contribution in [0.25, 0.3) is 0 Å². The normalized spacial score (nSPS) is 15.4. The van der Waals surface area contributed by atoms with Crippen LogP contribution < -0.4 is 11.3 Å². The van der Waals surface area contributed by atoms with Gasteiger partial charge in [-0.3, -0.25) is 11.3 Å². The number of nitrogens with one attached hydrogen (secondary N) is 1. The quantitative estimate of drug-likeness (QED) is 0.509. The molecular weight excluding hydrogens is 180 g/mol. The van der Waals surface area contributed by atoms with Gasteiger partial charge in [-0.15, -0.1) is 0 Å². The van der Waals surface area contributed by atoms with Crippen LogP contribution in [0.15, 0.2) is 12.4 Å². The molecule has 3 N–H and O–H groups in total. The van der Waals surface area contributed by atoms with Crippen molar-refractivity contribution in [3.63, 3.8) is 0 Å². The highest BCUT2D eigenvalue weighted by molar-refractivity contribution is 4.95. The number of methoxy groups -OCH3 is 1. The third-order valence-electron chi connectivity index (χ3n) is 2.48. The second-order valence-corrected chi connectivity index (χ2v) is 3.37. The van der Waals surface area contributed by atoms with Crippen molar-refractivity contribution in [3.8, 4) is 0 Å². The van der Waals surface area contributed by atoms with Crippen LogP contribution in [-0.2, 0) is 18.2 Å². The molecule has 0 aliphatic rings. The second-order valence-electron chi connectivity index (χ2n) is 3.37. The van der Waals surface area contributed by atoms with Crippen LogP contribution >= 0.6 is 0 Å². The summed E-state index contributed by atoms with van der Waals surface area (Å²) >= 11 is 0. The molecule has 2 unspecified atom stereocenters. The molecule has 0 fully saturated rings. The summed E-state index contributed by atoms with van der Waals surface area (Å²) in [7, 11) is 3.64. The van der Waals surface area contributed by atoms with E-state index < -0.39 is 0 Å². The molecule has 5 nitrogen and oxygen atoms in total. The van der Waals surface area contributed by atoms with Gasteiger partial charge in [0.25, 0.3) is 0 Å². The lowest BCUT2D eigenvalue weighted by molar-refractivity contribution is 0.0822. The highest BCUT2D eigenvalue weighted by Crippen LogP contribution is 2.04. The second kappa shape index (κ2) is 5.09. The van der Waals surface area contributed by atoms with Gasteiger partial charge in [0.1, 0.15) is 5.82 Å². The van der Waals surface area contributed by atoms with Crippen molar-refractivity contribution in [2.24, 2.45) is 12.9 Å². The first-order valence-electron chi connectivity index (χ1n) is 4.64. The molecule has 0 aliphatic heterocycles. The van der Waals surface area contributed by atoms with Crippen LogP contribution in [-0.4, -0.2) is 28.8 Å². The number of aromatic nitrogens is 2. The predicted octanol–water partition coefficient (Wildman–Crippen LogP) is -0.171. The van der Waals surface area contributed by atoms with Crippen LogP contribution in [0.4, 0.5) is 0 Å². The summed E-state index contributed by atoms with van der Waals surface area (Å²) in [5, 5.41) is 0. The Bertz CT molecular complexity index is 274. The Hall–Kier alpha value is -0.910. The van der Waals surface area contributed by atoms with Crippen LogP contribution in [0.1, 0.15) is 12.7 Å². The number of nitrogens with two attached hydrogens (primary N) is 1. The lowest BCUT2D eigenvalue weighted by atomic mass is 10.1. The van der Waals surface area contributed by atoms with Gasteiger partial charge in [0.05, 0.1) is 12.1 Å². The zero-order chi connectivity index (χ0) is 10.6. The fraction of sp³-hybridized carbons (Fsp3) is 0.667. The smallest absolute Gasteiger partial charge is 0.110 e. The zero-order valence-electron chi connectivity index (χ0n) is 8.90. The molecule has 1 aromatic heterocycles. The van der Waals surface area contributed by atoms with Crippen molar-refractivity contribution in [1.29, 1.82) is 0 Å². The summed E-state index contributed by atoms with van der Waals surface area (Å²) in [5.41, 5.74) is 2.74. The average Bonchev–Trinajstić information content (AvgIpc) is 2.59. The molecule has 5 heteroatoms. The summed E-state index contributed by atoms with van der Waals surface area (Å²) in [4.78, 5) is 4.23. The van der Waals surface area contributed by atoms with Crippen molar-refractivity contribution in [3.05, 3.63) is 18.2 Å². The molecule has 0 amide bonds. The first kappa shape index (κ1) is 11.2. The van der Waals surface area contributed by atoms with Crippen molar-refractivity contribution in [2.75, 3.05) is 7.11 Å². The molecule has 0 saturated carbocycles. The largest absolute Gasteiger partial charge is 0.380 e. The van der Waals surface area contributed by atoms with Gasteiger partial charge in [-0.1, -0.05) is 0 Å². The summed E-state index contributed by atoms with van der Waals surface area (Å²) in [6.45, 7) is 1.98. The lowest BCUT2D eigenvalue weighted by Crippen LogP contribution is -2.45. The van der Waals surface area contributed by atoms with Crippen molar-refractivity contribution in [1.82, 2.24) is 15.0 Å². The Balaban J connectivity index is 2.61. The van der Waals surface area contributed by atoms with E-state index in [1.165, 1.54) is 0 Å². The molecule has 14 heavy (non-hydrogen) atoms. The van der Waals surface area contributed by atoms with Crippen LogP contribution in [0, 0.1) is 0 Å². The molecule has 1 heterocycles. The number of hydrogen-bond acceptors (Lipinski definition) is 4. The van der Waals surface area contributed by atoms with Gasteiger partial charge in [-0.2, -0.15) is 0 Å². The van der Waals surface area contributed by atoms with E-state index in [2.05, 4.69) is 10.4 Å². The molecule has 80 valence electrons. The standard InChI is InChI=1S/C9H18N4O/c1-7(14-3)8(12-10)6-9-11-4-5-13(9)2/h4-5,7-8,12H,6,10H2,1-3H3. The minimum Gasteiger partial charge on any atom is -0.380 e. The Morgan fingerprint density at radius 1 is 1.71 bits per heavy atom. The van der Waals surface area contributed by atoms with Gasteiger partial charge >= 0.3 is 0 Å². The highest BCUT2D eigenvalue weighted by Gasteiger charge is 2.17. The summed E-state index contributed by atoms with van der Waals surface area (Å²) in [6, 6.07) is 0.0844. The number of nitrogens with zero attached hydrogens (tertiary/aromatic N) is 2. The molecule has 2 atom stereocenters. The van der Waals surface area contributed by atoms with E-state index in [1.807, 2.05) is 24.7 Å². The SMILES string of the molecule is COC(C)C(Cc1nccn1C)NN. The molecule has 0 spiro atoms. The third-order valence-corrected chi connectivity index (χ3v) is 2.48. The van der Waals surface area contributed by atoms with Crippen LogP contribution in [0.3, 0.4) is 0 Å². The predicted molar refractivity (Wildman–Crippen MR) is 54.5 cm³/mol. The fourth-order valence-corrected chi connectivity index (χ4v) is 1.31. The van der Waals surface area contributed by atoms with E-state index in [-0.39, 0.29) is 12.1 Å². The Morgan fingerprint density at radius 2 is 2.43 bits per heavy atom. The van der Waals surface area contributed by atoms with Gasteiger partial charge < -0.3 is 9.30 Å². The molecule has 1 rings (SSSR count). The number of imidazole rings is 1. The molecule has 1 aromatic rings.